The highest BCUT2D eigenvalue weighted by atomic mass is 14.0. The molecule has 0 aliphatic carbocycles. The lowest BCUT2D eigenvalue weighted by atomic mass is 10.00. The SMILES string of the molecule is CC=C/C(C)=C(\C)C(C)C. The van der Waals surface area contributed by atoms with Crippen LogP contribution < -0.4 is 0 Å². The van der Waals surface area contributed by atoms with Crippen molar-refractivity contribution in [2.45, 2.75) is 34.6 Å². The molecule has 0 atom stereocenters. The first-order valence-electron chi connectivity index (χ1n) is 3.89. The molecule has 0 aliphatic heterocycles. The van der Waals surface area contributed by atoms with Gasteiger partial charge in [0.25, 0.3) is 0 Å². The summed E-state index contributed by atoms with van der Waals surface area (Å²) in [4.78, 5) is 0. The highest BCUT2D eigenvalue weighted by Gasteiger charge is 1.97. The van der Waals surface area contributed by atoms with Gasteiger partial charge in [0.15, 0.2) is 0 Å². The van der Waals surface area contributed by atoms with Crippen molar-refractivity contribution < 1.29 is 0 Å². The Morgan fingerprint density at radius 3 is 2.00 bits per heavy atom. The van der Waals surface area contributed by atoms with Gasteiger partial charge in [0, 0.05) is 0 Å². The highest BCUT2D eigenvalue weighted by Crippen LogP contribution is 2.14. The Hall–Kier alpha value is -0.520. The summed E-state index contributed by atoms with van der Waals surface area (Å²) in [6.07, 6.45) is 4.25. The maximum atomic E-state index is 2.22. The molecule has 58 valence electrons. The Kier molecular flexibility index (Phi) is 4.10. The van der Waals surface area contributed by atoms with Gasteiger partial charge in [0.2, 0.25) is 0 Å². The van der Waals surface area contributed by atoms with Gasteiger partial charge in [-0.15, -0.1) is 0 Å². The molecule has 0 nitrogen and oxygen atoms in total. The number of rotatable bonds is 2. The highest BCUT2D eigenvalue weighted by molar-refractivity contribution is 5.22. The molecule has 0 aromatic carbocycles. The maximum Gasteiger partial charge on any atom is -0.0257 e. The zero-order chi connectivity index (χ0) is 8.15. The summed E-state index contributed by atoms with van der Waals surface area (Å²) in [5.41, 5.74) is 2.88. The lowest BCUT2D eigenvalue weighted by Gasteiger charge is -2.06. The second-order valence-corrected chi connectivity index (χ2v) is 3.02. The van der Waals surface area contributed by atoms with E-state index in [0.29, 0.717) is 5.92 Å². The van der Waals surface area contributed by atoms with Gasteiger partial charge in [0.05, 0.1) is 0 Å². The van der Waals surface area contributed by atoms with E-state index in [1.165, 1.54) is 11.1 Å². The Morgan fingerprint density at radius 2 is 1.70 bits per heavy atom. The number of hydrogen-bond donors (Lipinski definition) is 0. The minimum absolute atomic E-state index is 0.677. The van der Waals surface area contributed by atoms with Crippen LogP contribution in [-0.4, -0.2) is 0 Å². The zero-order valence-electron chi connectivity index (χ0n) is 7.73. The first kappa shape index (κ1) is 9.48. The third kappa shape index (κ3) is 2.86. The average Bonchev–Trinajstić information content (AvgIpc) is 1.87. The fourth-order valence-corrected chi connectivity index (χ4v) is 0.837. The molecule has 0 aliphatic rings. The molecule has 0 radical (unpaired) electrons. The molecule has 0 saturated heterocycles. The van der Waals surface area contributed by atoms with Crippen LogP contribution in [0.5, 0.6) is 0 Å². The van der Waals surface area contributed by atoms with Crippen molar-refractivity contribution in [1.29, 1.82) is 0 Å². The maximum absolute atomic E-state index is 2.22. The normalized spacial score (nSPS) is 14.6. The van der Waals surface area contributed by atoms with Crippen LogP contribution in [0.2, 0.25) is 0 Å². The van der Waals surface area contributed by atoms with Gasteiger partial charge in [-0.05, 0) is 26.7 Å². The fourth-order valence-electron chi connectivity index (χ4n) is 0.837. The first-order valence-corrected chi connectivity index (χ1v) is 3.89. The van der Waals surface area contributed by atoms with Crippen molar-refractivity contribution in [1.82, 2.24) is 0 Å². The van der Waals surface area contributed by atoms with Crippen molar-refractivity contribution in [2.24, 2.45) is 5.92 Å². The van der Waals surface area contributed by atoms with E-state index in [1.807, 2.05) is 0 Å². The van der Waals surface area contributed by atoms with E-state index in [4.69, 9.17) is 0 Å². The third-order valence-electron chi connectivity index (χ3n) is 1.90. The van der Waals surface area contributed by atoms with E-state index < -0.39 is 0 Å². The van der Waals surface area contributed by atoms with E-state index in [1.54, 1.807) is 0 Å². The predicted molar refractivity (Wildman–Crippen MR) is 48.0 cm³/mol. The van der Waals surface area contributed by atoms with Crippen molar-refractivity contribution in [3.8, 4) is 0 Å². The zero-order valence-corrected chi connectivity index (χ0v) is 7.73. The standard InChI is InChI=1S/C10H18/c1-6-7-9(4)10(5)8(2)3/h6-8H,1-5H3/b7-6?,10-9+. The van der Waals surface area contributed by atoms with Crippen molar-refractivity contribution in [3.05, 3.63) is 23.3 Å². The molecule has 0 fully saturated rings. The van der Waals surface area contributed by atoms with Crippen molar-refractivity contribution in [2.75, 3.05) is 0 Å². The smallest absolute Gasteiger partial charge is 0.0257 e. The first-order chi connectivity index (χ1) is 4.59. The van der Waals surface area contributed by atoms with E-state index in [9.17, 15) is 0 Å². The quantitative estimate of drug-likeness (QED) is 0.512. The monoisotopic (exact) mass is 138 g/mol. The summed E-state index contributed by atoms with van der Waals surface area (Å²) in [6, 6.07) is 0. The summed E-state index contributed by atoms with van der Waals surface area (Å²) in [5.74, 6) is 0.677. The van der Waals surface area contributed by atoms with Crippen LogP contribution in [0, 0.1) is 5.92 Å². The molecule has 0 amide bonds. The van der Waals surface area contributed by atoms with Crippen LogP contribution in [0.4, 0.5) is 0 Å². The van der Waals surface area contributed by atoms with Gasteiger partial charge in [-0.3, -0.25) is 0 Å². The largest absolute Gasteiger partial charge is 0.0874 e. The van der Waals surface area contributed by atoms with Gasteiger partial charge >= 0.3 is 0 Å². The minimum atomic E-state index is 0.677. The molecule has 0 spiro atoms. The molecule has 10 heavy (non-hydrogen) atoms. The summed E-state index contributed by atoms with van der Waals surface area (Å²) in [7, 11) is 0. The average molecular weight is 138 g/mol. The van der Waals surface area contributed by atoms with Gasteiger partial charge in [-0.2, -0.15) is 0 Å². The molecular weight excluding hydrogens is 120 g/mol. The topological polar surface area (TPSA) is 0 Å². The second kappa shape index (κ2) is 4.32. The van der Waals surface area contributed by atoms with Gasteiger partial charge in [-0.25, -0.2) is 0 Å². The Labute approximate surface area is 64.6 Å². The second-order valence-electron chi connectivity index (χ2n) is 3.02. The van der Waals surface area contributed by atoms with Crippen LogP contribution in [0.15, 0.2) is 23.3 Å². The lowest BCUT2D eigenvalue weighted by Crippen LogP contribution is -1.91. The van der Waals surface area contributed by atoms with Crippen LogP contribution in [0.25, 0.3) is 0 Å². The predicted octanol–water partition coefficient (Wildman–Crippen LogP) is 3.55. The molecule has 0 bridgehead atoms. The van der Waals surface area contributed by atoms with E-state index in [-0.39, 0.29) is 0 Å². The Bertz CT molecular complexity index is 147. The molecule has 0 saturated carbocycles. The van der Waals surface area contributed by atoms with Crippen molar-refractivity contribution in [3.63, 3.8) is 0 Å². The molecule has 0 aromatic rings. The van der Waals surface area contributed by atoms with E-state index in [0.717, 1.165) is 0 Å². The number of allylic oxidation sites excluding steroid dienone is 4. The van der Waals surface area contributed by atoms with E-state index in [2.05, 4.69) is 46.8 Å². The fraction of sp³-hybridized carbons (Fsp3) is 0.600. The molecule has 0 heterocycles. The Morgan fingerprint density at radius 1 is 1.20 bits per heavy atom. The van der Waals surface area contributed by atoms with Crippen molar-refractivity contribution >= 4 is 0 Å². The van der Waals surface area contributed by atoms with Crippen LogP contribution in [0.3, 0.4) is 0 Å². The summed E-state index contributed by atoms with van der Waals surface area (Å²) in [6.45, 7) is 10.9. The van der Waals surface area contributed by atoms with Gasteiger partial charge in [0.1, 0.15) is 0 Å². The molecular formula is C10H18. The molecule has 0 unspecified atom stereocenters. The van der Waals surface area contributed by atoms with Crippen LogP contribution in [-0.2, 0) is 0 Å². The molecule has 0 aromatic heterocycles. The summed E-state index contributed by atoms with van der Waals surface area (Å²) < 4.78 is 0. The van der Waals surface area contributed by atoms with E-state index >= 15 is 0 Å². The third-order valence-corrected chi connectivity index (χ3v) is 1.90. The van der Waals surface area contributed by atoms with Gasteiger partial charge < -0.3 is 0 Å². The summed E-state index contributed by atoms with van der Waals surface area (Å²) >= 11 is 0. The number of hydrogen-bond acceptors (Lipinski definition) is 0. The summed E-state index contributed by atoms with van der Waals surface area (Å²) in [5, 5.41) is 0. The minimum Gasteiger partial charge on any atom is -0.0874 e. The Balaban J connectivity index is 4.34. The van der Waals surface area contributed by atoms with Crippen LogP contribution in [0.1, 0.15) is 34.6 Å². The van der Waals surface area contributed by atoms with Gasteiger partial charge in [-0.1, -0.05) is 37.1 Å². The molecule has 0 heteroatoms. The lowest BCUT2D eigenvalue weighted by molar-refractivity contribution is 0.760. The molecule has 0 rings (SSSR count). The van der Waals surface area contributed by atoms with Crippen LogP contribution >= 0.6 is 0 Å². The molecule has 0 N–H and O–H groups in total.